The molecule has 1 N–H and O–H groups in total. The number of hydrogen-bond acceptors (Lipinski definition) is 6. The molecule has 3 aromatic rings. The van der Waals surface area contributed by atoms with Gasteiger partial charge in [0.25, 0.3) is 0 Å². The van der Waals surface area contributed by atoms with Crippen molar-refractivity contribution in [3.8, 4) is 11.5 Å². The number of benzene rings is 1. The molecular formula is C19H19NO6. The summed E-state index contributed by atoms with van der Waals surface area (Å²) in [6.45, 7) is 2.07. The summed E-state index contributed by atoms with van der Waals surface area (Å²) in [5.41, 5.74) is 1.42. The van der Waals surface area contributed by atoms with Gasteiger partial charge < -0.3 is 23.6 Å². The number of aromatic hydroxyl groups is 1. The summed E-state index contributed by atoms with van der Waals surface area (Å²) < 4.78 is 17.1. The number of hydrogen-bond donors (Lipinski definition) is 1. The molecule has 136 valence electrons. The van der Waals surface area contributed by atoms with Gasteiger partial charge in [0.05, 0.1) is 32.2 Å². The van der Waals surface area contributed by atoms with E-state index in [1.165, 1.54) is 13.4 Å². The standard InChI is InChI=1S/C19H19NO6/c1-12(19(23)24-2)8-16(22)26-15-10-20(9-13-6-4-3-5-7-13)18-17(15)14(21)11-25-18/h3-7,10-12,21H,8-9H2,1-2H3. The molecule has 0 aliphatic carbocycles. The second-order valence-corrected chi connectivity index (χ2v) is 6.01. The van der Waals surface area contributed by atoms with Gasteiger partial charge in [0, 0.05) is 0 Å². The minimum absolute atomic E-state index is 0.115. The van der Waals surface area contributed by atoms with E-state index in [-0.39, 0.29) is 17.9 Å². The summed E-state index contributed by atoms with van der Waals surface area (Å²) in [6, 6.07) is 9.68. The topological polar surface area (TPSA) is 90.9 Å². The normalized spacial score (nSPS) is 12.1. The molecule has 0 saturated heterocycles. The molecule has 2 aromatic heterocycles. The van der Waals surface area contributed by atoms with Gasteiger partial charge in [-0.1, -0.05) is 37.3 Å². The first kappa shape index (κ1) is 17.6. The fraction of sp³-hybridized carbons (Fsp3) is 0.263. The molecule has 0 aliphatic rings. The van der Waals surface area contributed by atoms with E-state index in [4.69, 9.17) is 9.15 Å². The summed E-state index contributed by atoms with van der Waals surface area (Å²) in [7, 11) is 1.26. The van der Waals surface area contributed by atoms with E-state index in [1.54, 1.807) is 17.7 Å². The number of esters is 2. The van der Waals surface area contributed by atoms with Crippen molar-refractivity contribution in [1.29, 1.82) is 0 Å². The van der Waals surface area contributed by atoms with E-state index in [0.29, 0.717) is 17.6 Å². The molecule has 1 aromatic carbocycles. The molecule has 3 rings (SSSR count). The first-order valence-corrected chi connectivity index (χ1v) is 8.11. The van der Waals surface area contributed by atoms with Crippen molar-refractivity contribution >= 4 is 23.0 Å². The van der Waals surface area contributed by atoms with Crippen molar-refractivity contribution in [3.05, 3.63) is 48.4 Å². The molecule has 1 atom stereocenters. The zero-order chi connectivity index (χ0) is 18.7. The molecule has 1 unspecified atom stereocenters. The maximum absolute atomic E-state index is 12.1. The highest BCUT2D eigenvalue weighted by molar-refractivity contribution is 5.91. The van der Waals surface area contributed by atoms with Gasteiger partial charge in [-0.3, -0.25) is 9.59 Å². The molecule has 7 nitrogen and oxygen atoms in total. The van der Waals surface area contributed by atoms with E-state index < -0.39 is 17.9 Å². The Morgan fingerprint density at radius 1 is 1.27 bits per heavy atom. The lowest BCUT2D eigenvalue weighted by Crippen LogP contribution is -2.19. The van der Waals surface area contributed by atoms with E-state index in [2.05, 4.69) is 4.74 Å². The number of carbonyl (C=O) groups excluding carboxylic acids is 2. The maximum atomic E-state index is 12.1. The highest BCUT2D eigenvalue weighted by Crippen LogP contribution is 2.37. The third kappa shape index (κ3) is 3.56. The van der Waals surface area contributed by atoms with Gasteiger partial charge in [0.15, 0.2) is 11.5 Å². The number of fused-ring (bicyclic) bond motifs is 1. The van der Waals surface area contributed by atoms with Crippen LogP contribution >= 0.6 is 0 Å². The first-order valence-electron chi connectivity index (χ1n) is 8.11. The molecule has 26 heavy (non-hydrogen) atoms. The highest BCUT2D eigenvalue weighted by Gasteiger charge is 2.23. The molecule has 0 bridgehead atoms. The van der Waals surface area contributed by atoms with Gasteiger partial charge in [-0.25, -0.2) is 0 Å². The largest absolute Gasteiger partial charge is 0.504 e. The minimum atomic E-state index is -0.618. The molecule has 0 spiro atoms. The predicted octanol–water partition coefficient (Wildman–Crippen LogP) is 3.09. The van der Waals surface area contributed by atoms with Crippen molar-refractivity contribution in [2.24, 2.45) is 5.92 Å². The van der Waals surface area contributed by atoms with Crippen molar-refractivity contribution in [1.82, 2.24) is 4.57 Å². The van der Waals surface area contributed by atoms with Crippen molar-refractivity contribution in [3.63, 3.8) is 0 Å². The number of ether oxygens (including phenoxy) is 2. The van der Waals surface area contributed by atoms with Crippen LogP contribution in [0.15, 0.2) is 47.2 Å². The van der Waals surface area contributed by atoms with Gasteiger partial charge >= 0.3 is 11.9 Å². The summed E-state index contributed by atoms with van der Waals surface area (Å²) >= 11 is 0. The zero-order valence-corrected chi connectivity index (χ0v) is 14.5. The lowest BCUT2D eigenvalue weighted by atomic mass is 10.1. The SMILES string of the molecule is COC(=O)C(C)CC(=O)Oc1cn(Cc2ccccc2)c2occ(O)c12. The van der Waals surface area contributed by atoms with Crippen LogP contribution in [0, 0.1) is 5.92 Å². The van der Waals surface area contributed by atoms with Crippen molar-refractivity contribution < 1.29 is 28.6 Å². The van der Waals surface area contributed by atoms with E-state index in [9.17, 15) is 14.7 Å². The smallest absolute Gasteiger partial charge is 0.312 e. The van der Waals surface area contributed by atoms with Crippen LogP contribution in [-0.2, 0) is 20.9 Å². The first-order chi connectivity index (χ1) is 12.5. The number of carbonyl (C=O) groups is 2. The molecular weight excluding hydrogens is 338 g/mol. The van der Waals surface area contributed by atoms with Gasteiger partial charge in [-0.15, -0.1) is 0 Å². The van der Waals surface area contributed by atoms with E-state index >= 15 is 0 Å². The Labute approximate surface area is 149 Å². The number of rotatable bonds is 6. The quantitative estimate of drug-likeness (QED) is 0.682. The third-order valence-corrected chi connectivity index (χ3v) is 4.03. The number of furan rings is 1. The maximum Gasteiger partial charge on any atom is 0.312 e. The highest BCUT2D eigenvalue weighted by atomic mass is 16.5. The number of methoxy groups -OCH3 is 1. The van der Waals surface area contributed by atoms with Crippen molar-refractivity contribution in [2.45, 2.75) is 19.9 Å². The number of aromatic nitrogens is 1. The fourth-order valence-corrected chi connectivity index (χ4v) is 2.72. The Bertz CT molecular complexity index is 924. The fourth-order valence-electron chi connectivity index (χ4n) is 2.72. The van der Waals surface area contributed by atoms with Crippen LogP contribution < -0.4 is 4.74 Å². The van der Waals surface area contributed by atoms with Crippen LogP contribution in [0.4, 0.5) is 0 Å². The van der Waals surface area contributed by atoms with Crippen LogP contribution in [0.1, 0.15) is 18.9 Å². The summed E-state index contributed by atoms with van der Waals surface area (Å²) in [5.74, 6) is -1.63. The Morgan fingerprint density at radius 2 is 2.00 bits per heavy atom. The molecule has 0 fully saturated rings. The van der Waals surface area contributed by atoms with E-state index in [1.807, 2.05) is 30.3 Å². The van der Waals surface area contributed by atoms with Crippen LogP contribution in [0.5, 0.6) is 11.5 Å². The third-order valence-electron chi connectivity index (χ3n) is 4.03. The molecule has 0 aliphatic heterocycles. The molecule has 7 heteroatoms. The Balaban J connectivity index is 1.83. The van der Waals surface area contributed by atoms with Gasteiger partial charge in [-0.05, 0) is 5.56 Å². The van der Waals surface area contributed by atoms with Crippen LogP contribution in [0.2, 0.25) is 0 Å². The molecule has 0 amide bonds. The Kier molecular flexibility index (Phi) is 4.97. The monoisotopic (exact) mass is 357 g/mol. The second-order valence-electron chi connectivity index (χ2n) is 6.01. The van der Waals surface area contributed by atoms with Crippen LogP contribution in [0.3, 0.4) is 0 Å². The van der Waals surface area contributed by atoms with Crippen LogP contribution in [-0.4, -0.2) is 28.7 Å². The number of nitrogens with zero attached hydrogens (tertiary/aromatic N) is 1. The van der Waals surface area contributed by atoms with E-state index in [0.717, 1.165) is 5.56 Å². The lowest BCUT2D eigenvalue weighted by molar-refractivity contribution is -0.149. The zero-order valence-electron chi connectivity index (χ0n) is 14.5. The van der Waals surface area contributed by atoms with Gasteiger partial charge in [0.2, 0.25) is 5.71 Å². The lowest BCUT2D eigenvalue weighted by Gasteiger charge is -2.08. The second kappa shape index (κ2) is 7.35. The molecule has 0 saturated carbocycles. The summed E-state index contributed by atoms with van der Waals surface area (Å²) in [4.78, 5) is 23.6. The van der Waals surface area contributed by atoms with Gasteiger partial charge in [-0.2, -0.15) is 0 Å². The average Bonchev–Trinajstić information content (AvgIpc) is 3.17. The van der Waals surface area contributed by atoms with Crippen LogP contribution in [0.25, 0.3) is 11.1 Å². The minimum Gasteiger partial charge on any atom is -0.504 e. The average molecular weight is 357 g/mol. The Morgan fingerprint density at radius 3 is 2.69 bits per heavy atom. The van der Waals surface area contributed by atoms with Gasteiger partial charge in [0.1, 0.15) is 11.6 Å². The molecule has 2 heterocycles. The predicted molar refractivity (Wildman–Crippen MR) is 92.8 cm³/mol. The van der Waals surface area contributed by atoms with Crippen molar-refractivity contribution in [2.75, 3.05) is 7.11 Å². The summed E-state index contributed by atoms with van der Waals surface area (Å²) in [5, 5.41) is 10.3. The molecule has 0 radical (unpaired) electrons. The Hall–Kier alpha value is -3.22. The summed E-state index contributed by atoms with van der Waals surface area (Å²) in [6.07, 6.45) is 2.67.